The van der Waals surface area contributed by atoms with Crippen molar-refractivity contribution in [1.29, 1.82) is 0 Å². The van der Waals surface area contributed by atoms with Crippen molar-refractivity contribution in [2.75, 3.05) is 25.5 Å². The zero-order chi connectivity index (χ0) is 28.5. The first-order valence-corrected chi connectivity index (χ1v) is 13.6. The highest BCUT2D eigenvalue weighted by Crippen LogP contribution is 2.37. The largest absolute Gasteiger partial charge is 0.416 e. The number of hydrogen-bond acceptors (Lipinski definition) is 8. The minimum atomic E-state index is -4.44. The molecule has 5 rings (SSSR count). The number of imidazole rings is 1. The van der Waals surface area contributed by atoms with Crippen LogP contribution in [0, 0.1) is 6.92 Å². The molecule has 0 spiro atoms. The second kappa shape index (κ2) is 11.0. The average Bonchev–Trinajstić information content (AvgIpc) is 3.55. The Kier molecular flexibility index (Phi) is 7.67. The van der Waals surface area contributed by atoms with Gasteiger partial charge in [-0.25, -0.2) is 9.97 Å². The normalized spacial score (nSPS) is 16.3. The first kappa shape index (κ1) is 27.8. The molecule has 0 saturated carbocycles. The summed E-state index contributed by atoms with van der Waals surface area (Å²) in [5, 5.41) is 18.3. The van der Waals surface area contributed by atoms with Crippen molar-refractivity contribution in [2.24, 2.45) is 0 Å². The van der Waals surface area contributed by atoms with Crippen LogP contribution < -0.4 is 10.6 Å². The van der Waals surface area contributed by atoms with Crippen LogP contribution in [0.5, 0.6) is 0 Å². The highest BCUT2D eigenvalue weighted by molar-refractivity contribution is 7.10. The predicted octanol–water partition coefficient (Wildman–Crippen LogP) is 5.49. The van der Waals surface area contributed by atoms with Gasteiger partial charge >= 0.3 is 6.18 Å². The van der Waals surface area contributed by atoms with E-state index in [9.17, 15) is 18.3 Å². The summed E-state index contributed by atoms with van der Waals surface area (Å²) in [6.07, 6.45) is 3.56. The van der Waals surface area contributed by atoms with Crippen molar-refractivity contribution in [2.45, 2.75) is 38.1 Å². The maximum absolute atomic E-state index is 13.2. The number of aliphatic hydroxyl groups is 1. The van der Waals surface area contributed by atoms with E-state index in [4.69, 9.17) is 0 Å². The van der Waals surface area contributed by atoms with Gasteiger partial charge in [-0.15, -0.1) is 0 Å². The lowest BCUT2D eigenvalue weighted by molar-refractivity contribution is -0.137. The average molecular weight is 570 g/mol. The van der Waals surface area contributed by atoms with Gasteiger partial charge in [-0.1, -0.05) is 24.8 Å². The van der Waals surface area contributed by atoms with Gasteiger partial charge in [0.2, 0.25) is 0 Å². The molecule has 8 nitrogen and oxygen atoms in total. The smallest absolute Gasteiger partial charge is 0.393 e. The quantitative estimate of drug-likeness (QED) is 0.242. The minimum absolute atomic E-state index is 0.308. The Bertz CT molecular complexity index is 1550. The summed E-state index contributed by atoms with van der Waals surface area (Å²) >= 11 is 1.32. The van der Waals surface area contributed by atoms with Crippen molar-refractivity contribution in [3.63, 3.8) is 0 Å². The minimum Gasteiger partial charge on any atom is -0.393 e. The SMILES string of the molecule is C=C/C(=C\NC)c1cnc2c(Nc3cc(CN4CCC(O)(c5cccc(C(F)(F)F)c5)CC4)ns3)nc(C)cn12. The van der Waals surface area contributed by atoms with Crippen molar-refractivity contribution >= 4 is 33.6 Å². The van der Waals surface area contributed by atoms with E-state index in [0.29, 0.717) is 49.5 Å². The molecule has 1 aromatic carbocycles. The fourth-order valence-electron chi connectivity index (χ4n) is 4.94. The topological polar surface area (TPSA) is 90.6 Å². The van der Waals surface area contributed by atoms with Crippen molar-refractivity contribution in [3.8, 4) is 0 Å². The van der Waals surface area contributed by atoms with E-state index in [1.807, 2.05) is 36.8 Å². The monoisotopic (exact) mass is 569 g/mol. The first-order valence-electron chi connectivity index (χ1n) is 12.8. The van der Waals surface area contributed by atoms with E-state index in [-0.39, 0.29) is 0 Å². The van der Waals surface area contributed by atoms with Gasteiger partial charge < -0.3 is 15.7 Å². The lowest BCUT2D eigenvalue weighted by atomic mass is 9.83. The molecule has 3 N–H and O–H groups in total. The molecule has 0 amide bonds. The molecular weight excluding hydrogens is 539 g/mol. The second-order valence-electron chi connectivity index (χ2n) is 9.85. The van der Waals surface area contributed by atoms with Crippen molar-refractivity contribution in [3.05, 3.63) is 89.8 Å². The predicted molar refractivity (Wildman–Crippen MR) is 150 cm³/mol. The fraction of sp³-hybridized carbons (Fsp3) is 0.321. The van der Waals surface area contributed by atoms with Gasteiger partial charge in [-0.05, 0) is 55.1 Å². The number of rotatable bonds is 8. The number of anilines is 2. The Morgan fingerprint density at radius 1 is 1.25 bits per heavy atom. The Labute approximate surface area is 234 Å². The molecule has 1 saturated heterocycles. The number of nitrogens with zero attached hydrogens (tertiary/aromatic N) is 5. The molecule has 4 aromatic rings. The molecule has 1 aliphatic heterocycles. The lowest BCUT2D eigenvalue weighted by Crippen LogP contribution is -2.42. The van der Waals surface area contributed by atoms with Crippen LogP contribution >= 0.6 is 11.5 Å². The van der Waals surface area contributed by atoms with Crippen LogP contribution in [0.2, 0.25) is 0 Å². The van der Waals surface area contributed by atoms with Crippen LogP contribution in [0.1, 0.15) is 41.1 Å². The molecule has 0 unspecified atom stereocenters. The molecule has 40 heavy (non-hydrogen) atoms. The third-order valence-corrected chi connectivity index (χ3v) is 7.77. The summed E-state index contributed by atoms with van der Waals surface area (Å²) in [7, 11) is 1.83. The molecular formula is C28H30F3N7OS. The molecule has 0 atom stereocenters. The van der Waals surface area contributed by atoms with Crippen LogP contribution in [-0.2, 0) is 18.3 Å². The Hall–Kier alpha value is -3.74. The highest BCUT2D eigenvalue weighted by atomic mass is 32.1. The van der Waals surface area contributed by atoms with Gasteiger partial charge in [-0.2, -0.15) is 17.5 Å². The number of fused-ring (bicyclic) bond motifs is 1. The zero-order valence-corrected chi connectivity index (χ0v) is 23.0. The van der Waals surface area contributed by atoms with Crippen molar-refractivity contribution in [1.82, 2.24) is 29.0 Å². The van der Waals surface area contributed by atoms with Gasteiger partial charge in [0.05, 0.1) is 34.4 Å². The highest BCUT2D eigenvalue weighted by Gasteiger charge is 2.37. The number of piperidine rings is 1. The molecule has 4 heterocycles. The number of benzene rings is 1. The van der Waals surface area contributed by atoms with E-state index in [1.165, 1.54) is 17.6 Å². The van der Waals surface area contributed by atoms with Crippen LogP contribution in [0.4, 0.5) is 24.0 Å². The van der Waals surface area contributed by atoms with E-state index < -0.39 is 17.3 Å². The maximum Gasteiger partial charge on any atom is 0.416 e. The van der Waals surface area contributed by atoms with Gasteiger partial charge in [-0.3, -0.25) is 9.30 Å². The van der Waals surface area contributed by atoms with Crippen LogP contribution in [0.3, 0.4) is 0 Å². The number of nitrogens with one attached hydrogen (secondary N) is 2. The van der Waals surface area contributed by atoms with Gasteiger partial charge in [0.25, 0.3) is 0 Å². The zero-order valence-electron chi connectivity index (χ0n) is 22.2. The van der Waals surface area contributed by atoms with Crippen molar-refractivity contribution < 1.29 is 18.3 Å². The number of allylic oxidation sites excluding steroid dienone is 2. The lowest BCUT2D eigenvalue weighted by Gasteiger charge is -2.38. The number of aromatic nitrogens is 4. The molecule has 3 aromatic heterocycles. The maximum atomic E-state index is 13.2. The Balaban J connectivity index is 1.26. The van der Waals surface area contributed by atoms with Crippen LogP contribution in [0.15, 0.2) is 61.6 Å². The van der Waals surface area contributed by atoms with Gasteiger partial charge in [0, 0.05) is 44.7 Å². The molecule has 0 bridgehead atoms. The Morgan fingerprint density at radius 2 is 2.02 bits per heavy atom. The second-order valence-corrected chi connectivity index (χ2v) is 10.7. The van der Waals surface area contributed by atoms with E-state index in [2.05, 4.69) is 36.5 Å². The van der Waals surface area contributed by atoms with E-state index in [0.717, 1.165) is 39.8 Å². The van der Waals surface area contributed by atoms with E-state index in [1.54, 1.807) is 18.3 Å². The van der Waals surface area contributed by atoms with Gasteiger partial charge in [0.1, 0.15) is 5.00 Å². The summed E-state index contributed by atoms with van der Waals surface area (Å²) in [5.41, 5.74) is 2.40. The van der Waals surface area contributed by atoms with Gasteiger partial charge in [0.15, 0.2) is 11.5 Å². The summed E-state index contributed by atoms with van der Waals surface area (Å²) in [5.74, 6) is 0.610. The third-order valence-electron chi connectivity index (χ3n) is 7.02. The first-order chi connectivity index (χ1) is 19.1. The third kappa shape index (κ3) is 5.74. The molecule has 12 heteroatoms. The molecule has 0 radical (unpaired) electrons. The summed E-state index contributed by atoms with van der Waals surface area (Å²) in [6, 6.07) is 6.96. The van der Waals surface area contributed by atoms with E-state index >= 15 is 0 Å². The number of likely N-dealkylation sites (tertiary alicyclic amines) is 1. The number of hydrogen-bond donors (Lipinski definition) is 3. The molecule has 1 aliphatic rings. The number of halogens is 3. The standard InChI is InChI=1S/C28H30F3N7OS/c1-4-19(14-32-3)23-15-33-26-25(34-18(2)16-38(23)26)35-24-13-22(36-40-24)17-37-10-8-27(39,9-11-37)20-6-5-7-21(12-20)28(29,30)31/h4-7,12-16,32,39H,1,8-11,17H2,2-3H3,(H,34,35)/b19-14+. The number of aryl methyl sites for hydroxylation is 1. The summed E-state index contributed by atoms with van der Waals surface area (Å²) < 4.78 is 46.0. The number of alkyl halides is 3. The summed E-state index contributed by atoms with van der Waals surface area (Å²) in [4.78, 5) is 11.4. The fourth-order valence-corrected chi connectivity index (χ4v) is 5.60. The molecule has 0 aliphatic carbocycles. The Morgan fingerprint density at radius 3 is 2.73 bits per heavy atom. The summed E-state index contributed by atoms with van der Waals surface area (Å²) in [6.45, 7) is 7.45. The molecule has 1 fully saturated rings. The molecule has 210 valence electrons. The van der Waals surface area contributed by atoms with Crippen LogP contribution in [0.25, 0.3) is 11.2 Å². The van der Waals surface area contributed by atoms with Crippen LogP contribution in [-0.4, -0.2) is 48.9 Å².